The Hall–Kier alpha value is -2.08. The first kappa shape index (κ1) is 17.3. The number of nitrogens with two attached hydrogens (primary N) is 1. The van der Waals surface area contributed by atoms with Crippen molar-refractivity contribution in [3.8, 4) is 0 Å². The molecule has 6 nitrogen and oxygen atoms in total. The van der Waals surface area contributed by atoms with Gasteiger partial charge in [-0.25, -0.2) is 0 Å². The molecule has 0 bridgehead atoms. The first-order chi connectivity index (χ1) is 11.0. The number of hydrogen-bond donors (Lipinski definition) is 2. The minimum absolute atomic E-state index is 0.0267. The number of nitrogen functional groups attached to an aromatic ring is 1. The van der Waals surface area contributed by atoms with E-state index in [4.69, 9.17) is 5.73 Å². The van der Waals surface area contributed by atoms with Gasteiger partial charge in [0.25, 0.3) is 0 Å². The second-order valence-corrected chi connectivity index (χ2v) is 6.33. The molecule has 1 heterocycles. The molecule has 1 atom stereocenters. The second-order valence-electron chi connectivity index (χ2n) is 6.33. The van der Waals surface area contributed by atoms with Gasteiger partial charge in [-0.15, -0.1) is 0 Å². The van der Waals surface area contributed by atoms with E-state index in [2.05, 4.69) is 5.32 Å². The number of nitrogens with one attached hydrogen (secondary N) is 1. The molecule has 1 aliphatic rings. The maximum Gasteiger partial charge on any atom is 0.225 e. The van der Waals surface area contributed by atoms with E-state index in [0.717, 1.165) is 24.2 Å². The van der Waals surface area contributed by atoms with Crippen LogP contribution < -0.4 is 11.1 Å². The molecule has 6 heteroatoms. The summed E-state index contributed by atoms with van der Waals surface area (Å²) in [5.74, 6) is -0.178. The molecule has 0 aromatic heterocycles. The second kappa shape index (κ2) is 7.97. The average molecular weight is 318 g/mol. The molecule has 1 saturated heterocycles. The molecule has 1 aromatic carbocycles. The zero-order chi connectivity index (χ0) is 16.8. The Morgan fingerprint density at radius 3 is 2.70 bits per heavy atom. The highest BCUT2D eigenvalue weighted by Gasteiger charge is 2.33. The summed E-state index contributed by atoms with van der Waals surface area (Å²) in [6.45, 7) is 2.60. The number of anilines is 1. The monoisotopic (exact) mass is 318 g/mol. The van der Waals surface area contributed by atoms with Crippen molar-refractivity contribution >= 4 is 17.5 Å². The number of benzene rings is 1. The van der Waals surface area contributed by atoms with Crippen LogP contribution in [0.3, 0.4) is 0 Å². The molecule has 2 amide bonds. The summed E-state index contributed by atoms with van der Waals surface area (Å²) < 4.78 is 0. The molecule has 23 heavy (non-hydrogen) atoms. The van der Waals surface area contributed by atoms with Crippen molar-refractivity contribution in [3.05, 3.63) is 29.8 Å². The molecule has 1 aromatic rings. The fourth-order valence-electron chi connectivity index (χ4n) is 2.64. The Labute approximate surface area is 137 Å². The van der Waals surface area contributed by atoms with Gasteiger partial charge < -0.3 is 20.9 Å². The molecule has 3 N–H and O–H groups in total. The number of nitrogens with zero attached hydrogens (tertiary/aromatic N) is 2. The quantitative estimate of drug-likeness (QED) is 0.711. The van der Waals surface area contributed by atoms with Crippen LogP contribution in [-0.2, 0) is 16.0 Å². The van der Waals surface area contributed by atoms with E-state index in [9.17, 15) is 9.59 Å². The molecule has 1 aliphatic heterocycles. The van der Waals surface area contributed by atoms with Crippen LogP contribution in [0.1, 0.15) is 12.0 Å². The first-order valence-electron chi connectivity index (χ1n) is 8.00. The standard InChI is InChI=1S/C17H26N4O2/c1-20(2)9-10-21-12-14(11-16(21)22)17(23)19-8-7-13-3-5-15(18)6-4-13/h3-6,14H,7-12,18H2,1-2H3,(H,19,23). The lowest BCUT2D eigenvalue weighted by molar-refractivity contribution is -0.129. The summed E-state index contributed by atoms with van der Waals surface area (Å²) in [7, 11) is 3.95. The summed E-state index contributed by atoms with van der Waals surface area (Å²) >= 11 is 0. The van der Waals surface area contributed by atoms with E-state index in [1.54, 1.807) is 4.90 Å². The van der Waals surface area contributed by atoms with Gasteiger partial charge in [0.2, 0.25) is 11.8 Å². The van der Waals surface area contributed by atoms with E-state index in [1.807, 2.05) is 43.3 Å². The Bertz CT molecular complexity index is 542. The fourth-order valence-corrected chi connectivity index (χ4v) is 2.64. The van der Waals surface area contributed by atoms with Gasteiger partial charge in [0.15, 0.2) is 0 Å². The molecule has 0 radical (unpaired) electrons. The molecule has 0 saturated carbocycles. The van der Waals surface area contributed by atoms with Crippen LogP contribution >= 0.6 is 0 Å². The van der Waals surface area contributed by atoms with Gasteiger partial charge in [0, 0.05) is 38.3 Å². The van der Waals surface area contributed by atoms with E-state index < -0.39 is 0 Å². The molecule has 1 fully saturated rings. The number of rotatable bonds is 7. The van der Waals surface area contributed by atoms with Crippen LogP contribution in [0, 0.1) is 5.92 Å². The van der Waals surface area contributed by atoms with Gasteiger partial charge in [-0.2, -0.15) is 0 Å². The molecular formula is C17H26N4O2. The van der Waals surface area contributed by atoms with Gasteiger partial charge in [-0.05, 0) is 38.2 Å². The molecule has 0 aliphatic carbocycles. The smallest absolute Gasteiger partial charge is 0.225 e. The Balaban J connectivity index is 1.73. The lowest BCUT2D eigenvalue weighted by atomic mass is 10.1. The molecule has 0 spiro atoms. The van der Waals surface area contributed by atoms with Crippen LogP contribution in [0.25, 0.3) is 0 Å². The van der Waals surface area contributed by atoms with Crippen molar-refractivity contribution in [1.82, 2.24) is 15.1 Å². The minimum atomic E-state index is -0.226. The predicted octanol–water partition coefficient (Wildman–Crippen LogP) is 0.338. The maximum absolute atomic E-state index is 12.2. The van der Waals surface area contributed by atoms with Gasteiger partial charge >= 0.3 is 0 Å². The van der Waals surface area contributed by atoms with Crippen molar-refractivity contribution in [2.45, 2.75) is 12.8 Å². The van der Waals surface area contributed by atoms with Crippen LogP contribution in [0.5, 0.6) is 0 Å². The number of likely N-dealkylation sites (tertiary alicyclic amines) is 1. The molecule has 1 unspecified atom stereocenters. The first-order valence-corrected chi connectivity index (χ1v) is 8.00. The Morgan fingerprint density at radius 2 is 2.04 bits per heavy atom. The van der Waals surface area contributed by atoms with Crippen LogP contribution in [0.15, 0.2) is 24.3 Å². The third-order valence-electron chi connectivity index (χ3n) is 4.10. The minimum Gasteiger partial charge on any atom is -0.399 e. The number of carbonyl (C=O) groups excluding carboxylic acids is 2. The summed E-state index contributed by atoms with van der Waals surface area (Å²) in [5.41, 5.74) is 7.52. The summed E-state index contributed by atoms with van der Waals surface area (Å²) in [5, 5.41) is 2.93. The zero-order valence-electron chi connectivity index (χ0n) is 13.9. The highest BCUT2D eigenvalue weighted by Crippen LogP contribution is 2.17. The topological polar surface area (TPSA) is 78.7 Å². The highest BCUT2D eigenvalue weighted by molar-refractivity contribution is 5.89. The van der Waals surface area contributed by atoms with Gasteiger partial charge in [0.05, 0.1) is 5.92 Å². The van der Waals surface area contributed by atoms with Crippen molar-refractivity contribution in [2.24, 2.45) is 5.92 Å². The van der Waals surface area contributed by atoms with Crippen LogP contribution in [-0.4, -0.2) is 61.9 Å². The normalized spacial score (nSPS) is 17.8. The van der Waals surface area contributed by atoms with Crippen molar-refractivity contribution in [2.75, 3.05) is 46.0 Å². The SMILES string of the molecule is CN(C)CCN1CC(C(=O)NCCc2ccc(N)cc2)CC1=O. The molecule has 2 rings (SSSR count). The molecule has 126 valence electrons. The molecular weight excluding hydrogens is 292 g/mol. The lowest BCUT2D eigenvalue weighted by Crippen LogP contribution is -2.36. The third-order valence-corrected chi connectivity index (χ3v) is 4.10. The summed E-state index contributed by atoms with van der Waals surface area (Å²) in [4.78, 5) is 28.0. The fraction of sp³-hybridized carbons (Fsp3) is 0.529. The Kier molecular flexibility index (Phi) is 5.98. The van der Waals surface area contributed by atoms with E-state index in [0.29, 0.717) is 26.1 Å². The highest BCUT2D eigenvalue weighted by atomic mass is 16.2. The van der Waals surface area contributed by atoms with Crippen LogP contribution in [0.4, 0.5) is 5.69 Å². The third kappa shape index (κ3) is 5.25. The average Bonchev–Trinajstić information content (AvgIpc) is 2.88. The Morgan fingerprint density at radius 1 is 1.35 bits per heavy atom. The summed E-state index contributed by atoms with van der Waals surface area (Å²) in [6.07, 6.45) is 1.08. The predicted molar refractivity (Wildman–Crippen MR) is 90.8 cm³/mol. The van der Waals surface area contributed by atoms with E-state index in [-0.39, 0.29) is 17.7 Å². The number of amides is 2. The number of carbonyl (C=O) groups is 2. The summed E-state index contributed by atoms with van der Waals surface area (Å²) in [6, 6.07) is 7.64. The van der Waals surface area contributed by atoms with E-state index in [1.165, 1.54) is 0 Å². The van der Waals surface area contributed by atoms with Gasteiger partial charge in [-0.1, -0.05) is 12.1 Å². The van der Waals surface area contributed by atoms with Crippen molar-refractivity contribution in [1.29, 1.82) is 0 Å². The van der Waals surface area contributed by atoms with Crippen molar-refractivity contribution < 1.29 is 9.59 Å². The van der Waals surface area contributed by atoms with Crippen LogP contribution in [0.2, 0.25) is 0 Å². The van der Waals surface area contributed by atoms with Crippen molar-refractivity contribution in [3.63, 3.8) is 0 Å². The zero-order valence-corrected chi connectivity index (χ0v) is 13.9. The lowest BCUT2D eigenvalue weighted by Gasteiger charge is -2.19. The maximum atomic E-state index is 12.2. The largest absolute Gasteiger partial charge is 0.399 e. The van der Waals surface area contributed by atoms with E-state index >= 15 is 0 Å². The van der Waals surface area contributed by atoms with Gasteiger partial charge in [0.1, 0.15) is 0 Å². The number of hydrogen-bond acceptors (Lipinski definition) is 4. The van der Waals surface area contributed by atoms with Gasteiger partial charge in [-0.3, -0.25) is 9.59 Å². The number of likely N-dealkylation sites (N-methyl/N-ethyl adjacent to an activating group) is 1.